The van der Waals surface area contributed by atoms with E-state index >= 15 is 0 Å². The Balaban J connectivity index is 4.26. The second kappa shape index (κ2) is 10.8. The Morgan fingerprint density at radius 2 is 1.04 bits per heavy atom. The summed E-state index contributed by atoms with van der Waals surface area (Å²) in [4.78, 5) is 21.8. The van der Waals surface area contributed by atoms with Crippen molar-refractivity contribution < 1.29 is 24.3 Å². The number of hydrogen-bond donors (Lipinski definition) is 0. The van der Waals surface area contributed by atoms with Gasteiger partial charge in [-0.1, -0.05) is 55.4 Å². The van der Waals surface area contributed by atoms with Gasteiger partial charge in [0.05, 0.1) is 13.2 Å². The maximum atomic E-state index is 5.47. The molecule has 0 bridgehead atoms. The van der Waals surface area contributed by atoms with E-state index in [0.717, 1.165) is 12.8 Å². The van der Waals surface area contributed by atoms with Gasteiger partial charge < -0.3 is 4.74 Å². The van der Waals surface area contributed by atoms with Crippen LogP contribution < -0.4 is 0 Å². The first-order valence-electron chi connectivity index (χ1n) is 9.36. The lowest BCUT2D eigenvalue weighted by Crippen LogP contribution is -2.38. The Labute approximate surface area is 155 Å². The summed E-state index contributed by atoms with van der Waals surface area (Å²) < 4.78 is 5.17. The molecule has 0 aliphatic carbocycles. The molecule has 0 heterocycles. The smallest absolute Gasteiger partial charge is 0.254 e. The van der Waals surface area contributed by atoms with E-state index in [0.29, 0.717) is 25.0 Å². The Hall–Kier alpha value is -0.200. The Bertz CT molecular complexity index is 315. The molecule has 2 atom stereocenters. The largest absolute Gasteiger partial charge is 0.379 e. The van der Waals surface area contributed by atoms with Crippen molar-refractivity contribution in [3.8, 4) is 0 Å². The third kappa shape index (κ3) is 14.6. The number of methoxy groups -OCH3 is 1. The van der Waals surface area contributed by atoms with Crippen LogP contribution in [0.4, 0.5) is 0 Å². The topological polar surface area (TPSA) is 46.2 Å². The minimum Gasteiger partial charge on any atom is -0.379 e. The van der Waals surface area contributed by atoms with Gasteiger partial charge in [0.15, 0.2) is 0 Å². The first kappa shape index (κ1) is 24.8. The zero-order valence-electron chi connectivity index (χ0n) is 18.2. The molecule has 152 valence electrons. The lowest BCUT2D eigenvalue weighted by atomic mass is 9.86. The summed E-state index contributed by atoms with van der Waals surface area (Å²) in [5.74, 6) is -0.309. The van der Waals surface area contributed by atoms with Gasteiger partial charge in [0.1, 0.15) is 6.61 Å². The first-order valence-corrected chi connectivity index (χ1v) is 9.36. The fourth-order valence-corrected chi connectivity index (χ4v) is 3.08. The van der Waals surface area contributed by atoms with E-state index in [2.05, 4.69) is 55.4 Å². The second-order valence-electron chi connectivity index (χ2n) is 10.0. The zero-order chi connectivity index (χ0) is 19.7. The van der Waals surface area contributed by atoms with Crippen LogP contribution in [-0.4, -0.2) is 32.7 Å². The molecule has 0 rings (SSSR count). The lowest BCUT2D eigenvalue weighted by molar-refractivity contribution is -0.513. The molecule has 0 aromatic carbocycles. The molecule has 0 aliphatic heterocycles. The SMILES string of the molecule is COCC(C)(OOCC(C)CC(C)(C)C)OOCC(C)CC(C)(C)C. The summed E-state index contributed by atoms with van der Waals surface area (Å²) >= 11 is 0. The highest BCUT2D eigenvalue weighted by Crippen LogP contribution is 2.26. The monoisotopic (exact) mass is 362 g/mol. The van der Waals surface area contributed by atoms with Crippen LogP contribution in [0.2, 0.25) is 0 Å². The molecule has 0 aliphatic rings. The quantitative estimate of drug-likeness (QED) is 0.265. The maximum absolute atomic E-state index is 5.47. The molecule has 0 saturated carbocycles. The van der Waals surface area contributed by atoms with E-state index in [9.17, 15) is 0 Å². The maximum Gasteiger partial charge on any atom is 0.254 e. The highest BCUT2D eigenvalue weighted by molar-refractivity contribution is 4.66. The van der Waals surface area contributed by atoms with Crippen LogP contribution in [0, 0.1) is 22.7 Å². The van der Waals surface area contributed by atoms with Gasteiger partial charge in [-0.15, -0.1) is 0 Å². The molecule has 0 N–H and O–H groups in total. The molecule has 5 heteroatoms. The van der Waals surface area contributed by atoms with Gasteiger partial charge in [-0.2, -0.15) is 9.78 Å². The van der Waals surface area contributed by atoms with Crippen LogP contribution in [0.25, 0.3) is 0 Å². The minimum atomic E-state index is -1.09. The van der Waals surface area contributed by atoms with Gasteiger partial charge in [-0.05, 0) is 42.4 Å². The van der Waals surface area contributed by atoms with Crippen LogP contribution in [0.15, 0.2) is 0 Å². The zero-order valence-corrected chi connectivity index (χ0v) is 18.2. The number of hydrogen-bond acceptors (Lipinski definition) is 5. The van der Waals surface area contributed by atoms with E-state index in [1.165, 1.54) is 0 Å². The molecule has 0 amide bonds. The van der Waals surface area contributed by atoms with Crippen molar-refractivity contribution in [1.82, 2.24) is 0 Å². The Morgan fingerprint density at radius 1 is 0.680 bits per heavy atom. The Kier molecular flexibility index (Phi) is 10.7. The van der Waals surface area contributed by atoms with Gasteiger partial charge in [0.2, 0.25) is 0 Å². The van der Waals surface area contributed by atoms with Crippen molar-refractivity contribution in [2.75, 3.05) is 26.9 Å². The molecule has 0 aromatic rings. The molecular weight excluding hydrogens is 320 g/mol. The van der Waals surface area contributed by atoms with Crippen molar-refractivity contribution in [2.45, 2.75) is 80.9 Å². The molecule has 0 saturated heterocycles. The van der Waals surface area contributed by atoms with Gasteiger partial charge in [0, 0.05) is 7.11 Å². The fourth-order valence-electron chi connectivity index (χ4n) is 3.08. The molecule has 0 aromatic heterocycles. The first-order chi connectivity index (χ1) is 11.3. The van der Waals surface area contributed by atoms with Crippen molar-refractivity contribution in [3.63, 3.8) is 0 Å². The van der Waals surface area contributed by atoms with Gasteiger partial charge >= 0.3 is 0 Å². The number of rotatable bonds is 12. The normalized spacial score (nSPS) is 18.0. The average Bonchev–Trinajstić information content (AvgIpc) is 2.34. The molecule has 0 fully saturated rings. The fraction of sp³-hybridized carbons (Fsp3) is 1.00. The minimum absolute atomic E-state index is 0.217. The highest BCUT2D eigenvalue weighted by Gasteiger charge is 2.31. The summed E-state index contributed by atoms with van der Waals surface area (Å²) in [5.41, 5.74) is 0.531. The summed E-state index contributed by atoms with van der Waals surface area (Å²) in [7, 11) is 1.59. The Morgan fingerprint density at radius 3 is 1.32 bits per heavy atom. The van der Waals surface area contributed by atoms with E-state index in [-0.39, 0.29) is 17.4 Å². The summed E-state index contributed by atoms with van der Waals surface area (Å²) in [6, 6.07) is 0. The summed E-state index contributed by atoms with van der Waals surface area (Å²) in [6.07, 6.45) is 2.11. The molecule has 2 unspecified atom stereocenters. The predicted octanol–water partition coefficient (Wildman–Crippen LogP) is 5.39. The van der Waals surface area contributed by atoms with Crippen LogP contribution in [-0.2, 0) is 24.3 Å². The van der Waals surface area contributed by atoms with Crippen molar-refractivity contribution in [1.29, 1.82) is 0 Å². The molecule has 5 nitrogen and oxygen atoms in total. The summed E-state index contributed by atoms with van der Waals surface area (Å²) in [6.45, 7) is 20.6. The second-order valence-corrected chi connectivity index (χ2v) is 10.0. The third-order valence-corrected chi connectivity index (χ3v) is 3.50. The predicted molar refractivity (Wildman–Crippen MR) is 101 cm³/mol. The lowest BCUT2D eigenvalue weighted by Gasteiger charge is -2.29. The van der Waals surface area contributed by atoms with Gasteiger partial charge in [0.25, 0.3) is 5.79 Å². The van der Waals surface area contributed by atoms with E-state index < -0.39 is 5.79 Å². The third-order valence-electron chi connectivity index (χ3n) is 3.50. The highest BCUT2D eigenvalue weighted by atomic mass is 17.3. The molecular formula is C20H42O5. The van der Waals surface area contributed by atoms with Crippen molar-refractivity contribution >= 4 is 0 Å². The van der Waals surface area contributed by atoms with E-state index in [1.807, 2.05) is 0 Å². The van der Waals surface area contributed by atoms with Gasteiger partial charge in [-0.25, -0.2) is 9.78 Å². The number of ether oxygens (including phenoxy) is 1. The van der Waals surface area contributed by atoms with Crippen molar-refractivity contribution in [3.05, 3.63) is 0 Å². The van der Waals surface area contributed by atoms with Crippen LogP contribution in [0.3, 0.4) is 0 Å². The average molecular weight is 363 g/mol. The standard InChI is InChI=1S/C20H42O5/c1-16(11-18(3,4)5)13-22-24-20(9,15-21-10)25-23-14-17(2)12-19(6,7)8/h16-17H,11-15H2,1-10H3. The molecule has 0 spiro atoms. The molecule has 25 heavy (non-hydrogen) atoms. The van der Waals surface area contributed by atoms with Crippen LogP contribution in [0.1, 0.15) is 75.2 Å². The molecule has 0 radical (unpaired) electrons. The summed E-state index contributed by atoms with van der Waals surface area (Å²) in [5, 5.41) is 0. The van der Waals surface area contributed by atoms with Crippen LogP contribution in [0.5, 0.6) is 0 Å². The van der Waals surface area contributed by atoms with Crippen LogP contribution >= 0.6 is 0 Å². The van der Waals surface area contributed by atoms with E-state index in [4.69, 9.17) is 24.3 Å². The van der Waals surface area contributed by atoms with Crippen molar-refractivity contribution in [2.24, 2.45) is 22.7 Å². The van der Waals surface area contributed by atoms with Gasteiger partial charge in [-0.3, -0.25) is 0 Å². The van der Waals surface area contributed by atoms with E-state index in [1.54, 1.807) is 14.0 Å².